The molecule has 3 rings (SSSR count). The summed E-state index contributed by atoms with van der Waals surface area (Å²) in [6.45, 7) is 0.277. The van der Waals surface area contributed by atoms with E-state index in [9.17, 15) is 4.79 Å². The van der Waals surface area contributed by atoms with E-state index in [0.29, 0.717) is 22.8 Å². The van der Waals surface area contributed by atoms with E-state index in [1.165, 1.54) is 0 Å². The van der Waals surface area contributed by atoms with Gasteiger partial charge in [0.25, 0.3) is 0 Å². The van der Waals surface area contributed by atoms with Crippen LogP contribution in [0, 0.1) is 0 Å². The molecule has 0 unspecified atom stereocenters. The Hall–Kier alpha value is -2.92. The van der Waals surface area contributed by atoms with Crippen molar-refractivity contribution in [3.63, 3.8) is 0 Å². The van der Waals surface area contributed by atoms with Gasteiger partial charge >= 0.3 is 0 Å². The smallest absolute Gasteiger partial charge is 0.150 e. The van der Waals surface area contributed by atoms with Crippen LogP contribution in [-0.2, 0) is 6.54 Å². The van der Waals surface area contributed by atoms with Crippen LogP contribution in [0.5, 0.6) is 0 Å². The average Bonchev–Trinajstić information content (AvgIpc) is 3.08. The molecule has 2 aromatic heterocycles. The zero-order valence-corrected chi connectivity index (χ0v) is 11.8. The first kappa shape index (κ1) is 14.0. The summed E-state index contributed by atoms with van der Waals surface area (Å²) < 4.78 is 5.46. The van der Waals surface area contributed by atoms with Gasteiger partial charge in [0.05, 0.1) is 12.0 Å². The van der Waals surface area contributed by atoms with E-state index in [1.54, 1.807) is 18.4 Å². The maximum atomic E-state index is 10.7. The van der Waals surface area contributed by atoms with E-state index in [-0.39, 0.29) is 6.54 Å². The predicted molar refractivity (Wildman–Crippen MR) is 85.1 cm³/mol. The molecule has 0 fully saturated rings. The number of hydrogen-bond donors (Lipinski definition) is 2. The van der Waals surface area contributed by atoms with Crippen LogP contribution < -0.4 is 11.5 Å². The molecule has 22 heavy (non-hydrogen) atoms. The SMILES string of the molecule is NCc1c(-c2ccco2)cc(-c2ccc(C=O)cc2)nc1N. The summed E-state index contributed by atoms with van der Waals surface area (Å²) >= 11 is 0. The van der Waals surface area contributed by atoms with E-state index in [0.717, 1.165) is 23.0 Å². The van der Waals surface area contributed by atoms with Crippen LogP contribution in [-0.4, -0.2) is 11.3 Å². The Kier molecular flexibility index (Phi) is 3.72. The molecule has 0 saturated carbocycles. The molecule has 5 heteroatoms. The lowest BCUT2D eigenvalue weighted by Crippen LogP contribution is -2.06. The number of hydrogen-bond acceptors (Lipinski definition) is 5. The molecule has 0 radical (unpaired) electrons. The van der Waals surface area contributed by atoms with Crippen LogP contribution in [0.3, 0.4) is 0 Å². The number of anilines is 1. The molecular formula is C17H15N3O2. The van der Waals surface area contributed by atoms with Crippen molar-refractivity contribution in [2.45, 2.75) is 6.54 Å². The highest BCUT2D eigenvalue weighted by Crippen LogP contribution is 2.31. The van der Waals surface area contributed by atoms with Gasteiger partial charge in [-0.15, -0.1) is 0 Å². The third-order valence-electron chi connectivity index (χ3n) is 3.49. The van der Waals surface area contributed by atoms with E-state index >= 15 is 0 Å². The topological polar surface area (TPSA) is 95.1 Å². The molecule has 0 aliphatic heterocycles. The largest absolute Gasteiger partial charge is 0.464 e. The number of pyridine rings is 1. The summed E-state index contributed by atoms with van der Waals surface area (Å²) in [6.07, 6.45) is 2.40. The van der Waals surface area contributed by atoms with E-state index in [2.05, 4.69) is 4.98 Å². The lowest BCUT2D eigenvalue weighted by atomic mass is 10.0. The predicted octanol–water partition coefficient (Wildman–Crippen LogP) is 2.86. The van der Waals surface area contributed by atoms with Crippen molar-refractivity contribution in [3.05, 3.63) is 59.9 Å². The molecule has 0 aliphatic rings. The minimum Gasteiger partial charge on any atom is -0.464 e. The summed E-state index contributed by atoms with van der Waals surface area (Å²) in [5.41, 5.74) is 15.6. The molecule has 0 saturated heterocycles. The second-order valence-electron chi connectivity index (χ2n) is 4.84. The number of aromatic nitrogens is 1. The van der Waals surface area contributed by atoms with Crippen molar-refractivity contribution in [2.24, 2.45) is 5.73 Å². The quantitative estimate of drug-likeness (QED) is 0.721. The van der Waals surface area contributed by atoms with Gasteiger partial charge in [0.1, 0.15) is 17.9 Å². The van der Waals surface area contributed by atoms with Crippen LogP contribution in [0.1, 0.15) is 15.9 Å². The normalized spacial score (nSPS) is 10.6. The Morgan fingerprint density at radius 2 is 1.95 bits per heavy atom. The van der Waals surface area contributed by atoms with Crippen molar-refractivity contribution in [3.8, 4) is 22.6 Å². The second-order valence-corrected chi connectivity index (χ2v) is 4.84. The van der Waals surface area contributed by atoms with Gasteiger partial charge in [0.15, 0.2) is 0 Å². The number of benzene rings is 1. The van der Waals surface area contributed by atoms with Gasteiger partial charge in [-0.05, 0) is 18.2 Å². The Bertz CT molecular complexity index is 794. The minimum absolute atomic E-state index is 0.277. The summed E-state index contributed by atoms with van der Waals surface area (Å²) in [7, 11) is 0. The molecule has 0 aliphatic carbocycles. The summed E-state index contributed by atoms with van der Waals surface area (Å²) in [5.74, 6) is 1.08. The highest BCUT2D eigenvalue weighted by atomic mass is 16.3. The number of aldehydes is 1. The fraction of sp³-hybridized carbons (Fsp3) is 0.0588. The molecule has 0 spiro atoms. The Balaban J connectivity index is 2.14. The first-order chi connectivity index (χ1) is 10.7. The van der Waals surface area contributed by atoms with E-state index in [4.69, 9.17) is 15.9 Å². The molecular weight excluding hydrogens is 278 g/mol. The lowest BCUT2D eigenvalue weighted by molar-refractivity contribution is 0.112. The third-order valence-corrected chi connectivity index (χ3v) is 3.49. The fourth-order valence-electron chi connectivity index (χ4n) is 2.34. The Labute approximate surface area is 127 Å². The zero-order valence-electron chi connectivity index (χ0n) is 11.8. The van der Waals surface area contributed by atoms with Crippen LogP contribution in [0.15, 0.2) is 53.1 Å². The number of nitrogens with two attached hydrogens (primary N) is 2. The zero-order chi connectivity index (χ0) is 15.5. The molecule has 0 amide bonds. The van der Waals surface area contributed by atoms with E-state index < -0.39 is 0 Å². The van der Waals surface area contributed by atoms with Crippen molar-refractivity contribution in [1.29, 1.82) is 0 Å². The maximum Gasteiger partial charge on any atom is 0.150 e. The number of nitrogens with zero attached hydrogens (tertiary/aromatic N) is 1. The Morgan fingerprint density at radius 3 is 2.55 bits per heavy atom. The molecule has 4 N–H and O–H groups in total. The number of carbonyl (C=O) groups is 1. The second kappa shape index (κ2) is 5.83. The van der Waals surface area contributed by atoms with Gasteiger partial charge in [0.2, 0.25) is 0 Å². The van der Waals surface area contributed by atoms with Gasteiger partial charge in [-0.1, -0.05) is 24.3 Å². The molecule has 0 bridgehead atoms. The van der Waals surface area contributed by atoms with Crippen LogP contribution in [0.25, 0.3) is 22.6 Å². The van der Waals surface area contributed by atoms with Crippen molar-refractivity contribution in [1.82, 2.24) is 4.98 Å². The monoisotopic (exact) mass is 293 g/mol. The van der Waals surface area contributed by atoms with Gasteiger partial charge in [-0.2, -0.15) is 0 Å². The van der Waals surface area contributed by atoms with Crippen LogP contribution in [0.2, 0.25) is 0 Å². The number of carbonyl (C=O) groups excluding carboxylic acids is 1. The number of nitrogen functional groups attached to an aromatic ring is 1. The van der Waals surface area contributed by atoms with Crippen molar-refractivity contribution in [2.75, 3.05) is 5.73 Å². The van der Waals surface area contributed by atoms with Gasteiger partial charge in [-0.3, -0.25) is 4.79 Å². The maximum absolute atomic E-state index is 10.7. The molecule has 5 nitrogen and oxygen atoms in total. The van der Waals surface area contributed by atoms with Crippen LogP contribution >= 0.6 is 0 Å². The summed E-state index contributed by atoms with van der Waals surface area (Å²) in [6, 6.07) is 12.7. The first-order valence-electron chi connectivity index (χ1n) is 6.82. The van der Waals surface area contributed by atoms with Gasteiger partial charge < -0.3 is 15.9 Å². The summed E-state index contributed by atoms with van der Waals surface area (Å²) in [5, 5.41) is 0. The number of furan rings is 1. The fourth-order valence-corrected chi connectivity index (χ4v) is 2.34. The molecule has 3 aromatic rings. The first-order valence-corrected chi connectivity index (χ1v) is 6.82. The van der Waals surface area contributed by atoms with Gasteiger partial charge in [0, 0.05) is 28.8 Å². The average molecular weight is 293 g/mol. The Morgan fingerprint density at radius 1 is 1.18 bits per heavy atom. The summed E-state index contributed by atoms with van der Waals surface area (Å²) in [4.78, 5) is 15.1. The standard InChI is InChI=1S/C17H15N3O2/c18-9-14-13(16-2-1-7-22-16)8-15(20-17(14)19)12-5-3-11(10-21)4-6-12/h1-8,10H,9,18H2,(H2,19,20). The highest BCUT2D eigenvalue weighted by molar-refractivity contribution is 5.78. The molecule has 110 valence electrons. The van der Waals surface area contributed by atoms with Gasteiger partial charge in [-0.25, -0.2) is 4.98 Å². The molecule has 0 atom stereocenters. The van der Waals surface area contributed by atoms with Crippen LogP contribution in [0.4, 0.5) is 5.82 Å². The highest BCUT2D eigenvalue weighted by Gasteiger charge is 2.14. The molecule has 2 heterocycles. The van der Waals surface area contributed by atoms with Crippen molar-refractivity contribution < 1.29 is 9.21 Å². The number of rotatable bonds is 4. The van der Waals surface area contributed by atoms with Crippen molar-refractivity contribution >= 4 is 12.1 Å². The minimum atomic E-state index is 0.277. The third kappa shape index (κ3) is 2.49. The molecule has 1 aromatic carbocycles. The lowest BCUT2D eigenvalue weighted by Gasteiger charge is -2.11. The van der Waals surface area contributed by atoms with E-state index in [1.807, 2.05) is 30.3 Å².